The first kappa shape index (κ1) is 12.6. The SMILES string of the molecule is CC(c1ccccc1)C(O)CCC1CCCO1. The minimum atomic E-state index is -0.262. The highest BCUT2D eigenvalue weighted by Crippen LogP contribution is 2.24. The lowest BCUT2D eigenvalue weighted by Crippen LogP contribution is -2.18. The summed E-state index contributed by atoms with van der Waals surface area (Å²) in [5, 5.41) is 10.2. The van der Waals surface area contributed by atoms with Gasteiger partial charge in [0.1, 0.15) is 0 Å². The van der Waals surface area contributed by atoms with Gasteiger partial charge in [0.2, 0.25) is 0 Å². The van der Waals surface area contributed by atoms with Gasteiger partial charge < -0.3 is 9.84 Å². The van der Waals surface area contributed by atoms with Crippen LogP contribution >= 0.6 is 0 Å². The van der Waals surface area contributed by atoms with Crippen LogP contribution in [-0.2, 0) is 4.74 Å². The van der Waals surface area contributed by atoms with Crippen molar-refractivity contribution in [3.63, 3.8) is 0 Å². The molecule has 1 heterocycles. The van der Waals surface area contributed by atoms with Gasteiger partial charge >= 0.3 is 0 Å². The van der Waals surface area contributed by atoms with Crippen LogP contribution in [0, 0.1) is 0 Å². The van der Waals surface area contributed by atoms with E-state index >= 15 is 0 Å². The van der Waals surface area contributed by atoms with Gasteiger partial charge in [-0.1, -0.05) is 37.3 Å². The fourth-order valence-electron chi connectivity index (χ4n) is 2.46. The third-order valence-corrected chi connectivity index (χ3v) is 3.71. The number of hydrogen-bond donors (Lipinski definition) is 1. The van der Waals surface area contributed by atoms with E-state index in [0.717, 1.165) is 25.9 Å². The molecule has 1 aliphatic rings. The summed E-state index contributed by atoms with van der Waals surface area (Å²) in [5.74, 6) is 0.206. The van der Waals surface area contributed by atoms with E-state index in [1.54, 1.807) is 0 Å². The summed E-state index contributed by atoms with van der Waals surface area (Å²) in [6, 6.07) is 10.2. The molecule has 1 fully saturated rings. The van der Waals surface area contributed by atoms with E-state index in [-0.39, 0.29) is 12.0 Å². The molecule has 94 valence electrons. The number of benzene rings is 1. The van der Waals surface area contributed by atoms with Gasteiger partial charge in [0.15, 0.2) is 0 Å². The molecule has 2 nitrogen and oxygen atoms in total. The zero-order valence-corrected chi connectivity index (χ0v) is 10.5. The van der Waals surface area contributed by atoms with Crippen molar-refractivity contribution in [1.29, 1.82) is 0 Å². The minimum absolute atomic E-state index is 0.206. The summed E-state index contributed by atoms with van der Waals surface area (Å²) in [6.07, 6.45) is 4.27. The summed E-state index contributed by atoms with van der Waals surface area (Å²) in [6.45, 7) is 2.99. The zero-order valence-electron chi connectivity index (χ0n) is 10.5. The second-order valence-electron chi connectivity index (χ2n) is 4.98. The Bertz CT molecular complexity index is 317. The van der Waals surface area contributed by atoms with Crippen LogP contribution < -0.4 is 0 Å². The van der Waals surface area contributed by atoms with Gasteiger partial charge in [0, 0.05) is 12.5 Å². The Morgan fingerprint density at radius 1 is 1.35 bits per heavy atom. The molecule has 2 heteroatoms. The van der Waals surface area contributed by atoms with Crippen LogP contribution in [0.25, 0.3) is 0 Å². The monoisotopic (exact) mass is 234 g/mol. The Morgan fingerprint density at radius 2 is 2.12 bits per heavy atom. The van der Waals surface area contributed by atoms with Crippen molar-refractivity contribution in [3.8, 4) is 0 Å². The summed E-state index contributed by atoms with van der Waals surface area (Å²) >= 11 is 0. The number of ether oxygens (including phenoxy) is 1. The van der Waals surface area contributed by atoms with Crippen molar-refractivity contribution in [1.82, 2.24) is 0 Å². The van der Waals surface area contributed by atoms with E-state index in [2.05, 4.69) is 19.1 Å². The molecule has 0 bridgehead atoms. The summed E-state index contributed by atoms with van der Waals surface area (Å²) in [5.41, 5.74) is 1.22. The predicted molar refractivity (Wildman–Crippen MR) is 69.1 cm³/mol. The van der Waals surface area contributed by atoms with Gasteiger partial charge in [-0.3, -0.25) is 0 Å². The highest BCUT2D eigenvalue weighted by Gasteiger charge is 2.20. The molecule has 1 aromatic rings. The molecular formula is C15H22O2. The summed E-state index contributed by atoms with van der Waals surface area (Å²) in [7, 11) is 0. The Balaban J connectivity index is 1.80. The first-order chi connectivity index (χ1) is 8.27. The van der Waals surface area contributed by atoms with Crippen LogP contribution in [0.4, 0.5) is 0 Å². The number of aliphatic hydroxyl groups is 1. The van der Waals surface area contributed by atoms with Crippen LogP contribution in [0.2, 0.25) is 0 Å². The number of aliphatic hydroxyl groups excluding tert-OH is 1. The lowest BCUT2D eigenvalue weighted by Gasteiger charge is -2.20. The lowest BCUT2D eigenvalue weighted by molar-refractivity contribution is 0.0747. The second kappa shape index (κ2) is 6.18. The van der Waals surface area contributed by atoms with Crippen molar-refractivity contribution in [2.24, 2.45) is 0 Å². The van der Waals surface area contributed by atoms with E-state index < -0.39 is 0 Å². The maximum absolute atomic E-state index is 10.2. The molecule has 1 N–H and O–H groups in total. The van der Waals surface area contributed by atoms with Gasteiger partial charge in [-0.2, -0.15) is 0 Å². The van der Waals surface area contributed by atoms with Crippen molar-refractivity contribution >= 4 is 0 Å². The van der Waals surface area contributed by atoms with Gasteiger partial charge in [-0.25, -0.2) is 0 Å². The molecule has 2 rings (SSSR count). The van der Waals surface area contributed by atoms with Crippen LogP contribution in [0.15, 0.2) is 30.3 Å². The first-order valence-electron chi connectivity index (χ1n) is 6.62. The number of rotatable bonds is 5. The number of hydrogen-bond acceptors (Lipinski definition) is 2. The quantitative estimate of drug-likeness (QED) is 0.848. The van der Waals surface area contributed by atoms with Crippen molar-refractivity contribution in [3.05, 3.63) is 35.9 Å². The molecule has 0 amide bonds. The standard InChI is InChI=1S/C15H22O2/c1-12(13-6-3-2-4-7-13)15(16)10-9-14-8-5-11-17-14/h2-4,6-7,12,14-16H,5,8-11H2,1H3. The Hall–Kier alpha value is -0.860. The molecule has 0 aliphatic carbocycles. The molecular weight excluding hydrogens is 212 g/mol. The highest BCUT2D eigenvalue weighted by molar-refractivity contribution is 5.19. The fourth-order valence-corrected chi connectivity index (χ4v) is 2.46. The maximum Gasteiger partial charge on any atom is 0.0607 e. The fraction of sp³-hybridized carbons (Fsp3) is 0.600. The predicted octanol–water partition coefficient (Wildman–Crippen LogP) is 3.11. The topological polar surface area (TPSA) is 29.5 Å². The highest BCUT2D eigenvalue weighted by atomic mass is 16.5. The zero-order chi connectivity index (χ0) is 12.1. The van der Waals surface area contributed by atoms with Crippen LogP contribution in [0.3, 0.4) is 0 Å². The average Bonchev–Trinajstić information content (AvgIpc) is 2.89. The van der Waals surface area contributed by atoms with Gasteiger partial charge in [0.05, 0.1) is 12.2 Å². The molecule has 17 heavy (non-hydrogen) atoms. The largest absolute Gasteiger partial charge is 0.393 e. The van der Waals surface area contributed by atoms with Crippen molar-refractivity contribution in [2.75, 3.05) is 6.61 Å². The second-order valence-corrected chi connectivity index (χ2v) is 4.98. The van der Waals surface area contributed by atoms with Gasteiger partial charge in [0.25, 0.3) is 0 Å². The van der Waals surface area contributed by atoms with E-state index in [1.165, 1.54) is 12.0 Å². The van der Waals surface area contributed by atoms with E-state index in [1.807, 2.05) is 18.2 Å². The normalized spacial score (nSPS) is 23.5. The summed E-state index contributed by atoms with van der Waals surface area (Å²) in [4.78, 5) is 0. The van der Waals surface area contributed by atoms with Gasteiger partial charge in [-0.05, 0) is 31.2 Å². The molecule has 1 saturated heterocycles. The summed E-state index contributed by atoms with van der Waals surface area (Å²) < 4.78 is 5.58. The first-order valence-corrected chi connectivity index (χ1v) is 6.62. The third-order valence-electron chi connectivity index (χ3n) is 3.71. The van der Waals surface area contributed by atoms with Crippen LogP contribution in [0.5, 0.6) is 0 Å². The van der Waals surface area contributed by atoms with E-state index in [4.69, 9.17) is 4.74 Å². The molecule has 1 aliphatic heterocycles. The van der Waals surface area contributed by atoms with E-state index in [9.17, 15) is 5.11 Å². The molecule has 3 unspecified atom stereocenters. The molecule has 0 spiro atoms. The molecule has 1 aromatic carbocycles. The molecule has 0 aromatic heterocycles. The molecule has 0 radical (unpaired) electrons. The smallest absolute Gasteiger partial charge is 0.0607 e. The Morgan fingerprint density at radius 3 is 2.76 bits per heavy atom. The van der Waals surface area contributed by atoms with Crippen molar-refractivity contribution < 1.29 is 9.84 Å². The molecule has 3 atom stereocenters. The average molecular weight is 234 g/mol. The molecule has 0 saturated carbocycles. The third kappa shape index (κ3) is 3.55. The van der Waals surface area contributed by atoms with Crippen molar-refractivity contribution in [2.45, 2.75) is 50.7 Å². The van der Waals surface area contributed by atoms with E-state index in [0.29, 0.717) is 6.10 Å². The Labute approximate surface area is 104 Å². The van der Waals surface area contributed by atoms with Gasteiger partial charge in [-0.15, -0.1) is 0 Å². The minimum Gasteiger partial charge on any atom is -0.393 e. The van der Waals surface area contributed by atoms with Crippen LogP contribution in [-0.4, -0.2) is 23.9 Å². The van der Waals surface area contributed by atoms with Crippen LogP contribution in [0.1, 0.15) is 44.1 Å². The Kier molecular flexibility index (Phi) is 4.57. The lowest BCUT2D eigenvalue weighted by atomic mass is 9.92. The maximum atomic E-state index is 10.2.